The second-order valence-corrected chi connectivity index (χ2v) is 7.49. The molecule has 27 heavy (non-hydrogen) atoms. The number of ether oxygens (including phenoxy) is 1. The Morgan fingerprint density at radius 3 is 2.59 bits per heavy atom. The molecule has 2 aromatic rings. The number of rotatable bonds is 4. The van der Waals surface area contributed by atoms with Gasteiger partial charge in [0.05, 0.1) is 6.54 Å². The number of fused-ring (bicyclic) bond motifs is 1. The van der Waals surface area contributed by atoms with Crippen molar-refractivity contribution in [1.29, 1.82) is 0 Å². The van der Waals surface area contributed by atoms with Gasteiger partial charge in [-0.1, -0.05) is 24.3 Å². The summed E-state index contributed by atoms with van der Waals surface area (Å²) in [6.45, 7) is 5.36. The third-order valence-electron chi connectivity index (χ3n) is 3.94. The van der Waals surface area contributed by atoms with Crippen LogP contribution < -0.4 is 5.32 Å². The van der Waals surface area contributed by atoms with Crippen molar-refractivity contribution in [3.63, 3.8) is 0 Å². The van der Waals surface area contributed by atoms with E-state index in [0.29, 0.717) is 11.0 Å². The van der Waals surface area contributed by atoms with Gasteiger partial charge in [-0.05, 0) is 38.4 Å². The van der Waals surface area contributed by atoms with Crippen LogP contribution in [0.3, 0.4) is 0 Å². The molecular weight excluding hydrogens is 372 g/mol. The summed E-state index contributed by atoms with van der Waals surface area (Å²) in [5, 5.41) is 12.9. The maximum absolute atomic E-state index is 12.1. The number of nitrogens with zero attached hydrogens (tertiary/aromatic N) is 3. The first-order valence-electron chi connectivity index (χ1n) is 8.23. The molecule has 0 aliphatic heterocycles. The number of carbonyl (C=O) groups is 2. The molecule has 0 saturated heterocycles. The standard InChI is InChI=1S/C18H19ClN4O4/c1-17(2,3)27-16(26)21-10-18(6-4-5-7-18)23-12(14(24)25)8-11-9-20-15(19)22-13(11)23/h4-9H,10H2,1-3H3,(H,21,26)(H,24,25). The third-order valence-corrected chi connectivity index (χ3v) is 4.12. The normalized spacial score (nSPS) is 15.3. The van der Waals surface area contributed by atoms with Gasteiger partial charge >= 0.3 is 12.1 Å². The SMILES string of the molecule is CC(C)(C)OC(=O)NCC1(n2c(C(=O)O)cc3cnc(Cl)nc32)C=CC=C1. The van der Waals surface area contributed by atoms with Crippen molar-refractivity contribution in [3.05, 3.63) is 47.5 Å². The van der Waals surface area contributed by atoms with Crippen molar-refractivity contribution >= 4 is 34.7 Å². The molecule has 0 aromatic carbocycles. The van der Waals surface area contributed by atoms with Crippen LogP contribution in [0.1, 0.15) is 31.3 Å². The van der Waals surface area contributed by atoms with E-state index in [1.54, 1.807) is 45.1 Å². The molecule has 9 heteroatoms. The molecule has 1 amide bonds. The summed E-state index contributed by atoms with van der Waals surface area (Å²) < 4.78 is 6.80. The van der Waals surface area contributed by atoms with E-state index in [9.17, 15) is 14.7 Å². The molecule has 0 fully saturated rings. The molecule has 3 rings (SSSR count). The Kier molecular flexibility index (Phi) is 4.69. The minimum absolute atomic E-state index is 0.00000336. The Morgan fingerprint density at radius 2 is 2.00 bits per heavy atom. The monoisotopic (exact) mass is 390 g/mol. The Labute approximate surface area is 160 Å². The van der Waals surface area contributed by atoms with E-state index in [-0.39, 0.29) is 17.5 Å². The first kappa shape index (κ1) is 18.9. The highest BCUT2D eigenvalue weighted by atomic mass is 35.5. The average Bonchev–Trinajstić information content (AvgIpc) is 3.16. The van der Waals surface area contributed by atoms with Gasteiger partial charge in [-0.15, -0.1) is 0 Å². The summed E-state index contributed by atoms with van der Waals surface area (Å²) in [5.74, 6) is -1.13. The van der Waals surface area contributed by atoms with Crippen LogP contribution in [-0.2, 0) is 10.3 Å². The predicted octanol–water partition coefficient (Wildman–Crippen LogP) is 3.13. The summed E-state index contributed by atoms with van der Waals surface area (Å²) in [4.78, 5) is 32.1. The molecule has 0 saturated carbocycles. The summed E-state index contributed by atoms with van der Waals surface area (Å²) in [7, 11) is 0. The fourth-order valence-corrected chi connectivity index (χ4v) is 3.05. The molecular formula is C18H19ClN4O4. The Balaban J connectivity index is 2.05. The Morgan fingerprint density at radius 1 is 1.33 bits per heavy atom. The molecule has 1 aliphatic carbocycles. The van der Waals surface area contributed by atoms with Crippen molar-refractivity contribution in [3.8, 4) is 0 Å². The number of amides is 1. The average molecular weight is 391 g/mol. The van der Waals surface area contributed by atoms with Gasteiger partial charge in [-0.3, -0.25) is 0 Å². The first-order chi connectivity index (χ1) is 12.6. The second kappa shape index (κ2) is 6.70. The molecule has 2 N–H and O–H groups in total. The van der Waals surface area contributed by atoms with Crippen LogP contribution in [0.15, 0.2) is 36.6 Å². The van der Waals surface area contributed by atoms with E-state index in [1.165, 1.54) is 16.8 Å². The van der Waals surface area contributed by atoms with E-state index < -0.39 is 23.2 Å². The molecule has 142 valence electrons. The first-order valence-corrected chi connectivity index (χ1v) is 8.61. The molecule has 0 bridgehead atoms. The van der Waals surface area contributed by atoms with E-state index in [4.69, 9.17) is 16.3 Å². The Hall–Kier alpha value is -2.87. The van der Waals surface area contributed by atoms with Gasteiger partial charge in [-0.25, -0.2) is 14.6 Å². The lowest BCUT2D eigenvalue weighted by atomic mass is 10.0. The zero-order valence-corrected chi connectivity index (χ0v) is 15.8. The van der Waals surface area contributed by atoms with Crippen LogP contribution in [0.25, 0.3) is 11.0 Å². The van der Waals surface area contributed by atoms with Crippen LogP contribution in [0.5, 0.6) is 0 Å². The number of nitrogens with one attached hydrogen (secondary N) is 1. The lowest BCUT2D eigenvalue weighted by Crippen LogP contribution is -2.44. The van der Waals surface area contributed by atoms with Gasteiger partial charge in [0.2, 0.25) is 5.28 Å². The summed E-state index contributed by atoms with van der Waals surface area (Å²) >= 11 is 5.92. The van der Waals surface area contributed by atoms with Gasteiger partial charge in [0.15, 0.2) is 0 Å². The fourth-order valence-electron chi connectivity index (χ4n) is 2.92. The minimum atomic E-state index is -1.13. The number of aromatic nitrogens is 3. The number of alkyl carbamates (subject to hydrolysis) is 1. The summed E-state index contributed by atoms with van der Waals surface area (Å²) in [5.41, 5.74) is -1.26. The van der Waals surface area contributed by atoms with Gasteiger partial charge in [0.1, 0.15) is 22.5 Å². The number of carbonyl (C=O) groups excluding carboxylic acids is 1. The summed E-state index contributed by atoms with van der Waals surface area (Å²) in [6, 6.07) is 1.48. The van der Waals surface area contributed by atoms with Crippen molar-refractivity contribution < 1.29 is 19.4 Å². The highest BCUT2D eigenvalue weighted by molar-refractivity contribution is 6.28. The number of carboxylic acid groups (broad SMARTS) is 1. The number of hydrogen-bond acceptors (Lipinski definition) is 5. The zero-order valence-electron chi connectivity index (χ0n) is 15.1. The molecule has 2 heterocycles. The van der Waals surface area contributed by atoms with Crippen LogP contribution in [0.4, 0.5) is 4.79 Å². The van der Waals surface area contributed by atoms with Crippen molar-refractivity contribution in [2.45, 2.75) is 31.9 Å². The van der Waals surface area contributed by atoms with Crippen molar-refractivity contribution in [1.82, 2.24) is 19.9 Å². The van der Waals surface area contributed by atoms with Crippen molar-refractivity contribution in [2.75, 3.05) is 6.54 Å². The topological polar surface area (TPSA) is 106 Å². The molecule has 2 aromatic heterocycles. The van der Waals surface area contributed by atoms with E-state index >= 15 is 0 Å². The minimum Gasteiger partial charge on any atom is -0.477 e. The van der Waals surface area contributed by atoms with Crippen LogP contribution in [0, 0.1) is 0 Å². The van der Waals surface area contributed by atoms with Gasteiger partial charge in [-0.2, -0.15) is 4.98 Å². The Bertz CT molecular complexity index is 960. The lowest BCUT2D eigenvalue weighted by Gasteiger charge is -2.30. The van der Waals surface area contributed by atoms with Gasteiger partial charge < -0.3 is 19.7 Å². The zero-order chi connectivity index (χ0) is 19.8. The number of aromatic carboxylic acids is 1. The van der Waals surface area contributed by atoms with E-state index in [1.807, 2.05) is 0 Å². The van der Waals surface area contributed by atoms with E-state index in [0.717, 1.165) is 0 Å². The van der Waals surface area contributed by atoms with Gasteiger partial charge in [0.25, 0.3) is 0 Å². The fraction of sp³-hybridized carbons (Fsp3) is 0.333. The maximum atomic E-state index is 12.1. The quantitative estimate of drug-likeness (QED) is 0.777. The maximum Gasteiger partial charge on any atom is 0.407 e. The summed E-state index contributed by atoms with van der Waals surface area (Å²) in [6.07, 6.45) is 7.98. The number of carboxylic acids is 1. The molecule has 1 aliphatic rings. The van der Waals surface area contributed by atoms with E-state index in [2.05, 4.69) is 15.3 Å². The predicted molar refractivity (Wildman–Crippen MR) is 100.0 cm³/mol. The number of allylic oxidation sites excluding steroid dienone is 2. The number of hydrogen-bond donors (Lipinski definition) is 2. The van der Waals surface area contributed by atoms with Gasteiger partial charge in [0, 0.05) is 11.6 Å². The number of halogens is 1. The molecule has 8 nitrogen and oxygen atoms in total. The molecule has 0 unspecified atom stereocenters. The van der Waals surface area contributed by atoms with Crippen LogP contribution >= 0.6 is 11.6 Å². The third kappa shape index (κ3) is 3.80. The molecule has 0 atom stereocenters. The molecule has 0 radical (unpaired) electrons. The highest BCUT2D eigenvalue weighted by Crippen LogP contribution is 2.32. The smallest absolute Gasteiger partial charge is 0.407 e. The lowest BCUT2D eigenvalue weighted by molar-refractivity contribution is 0.0517. The van der Waals surface area contributed by atoms with Crippen LogP contribution in [-0.4, -0.2) is 43.8 Å². The van der Waals surface area contributed by atoms with Crippen LogP contribution in [0.2, 0.25) is 5.28 Å². The molecule has 0 spiro atoms. The largest absolute Gasteiger partial charge is 0.477 e. The highest BCUT2D eigenvalue weighted by Gasteiger charge is 2.35. The second-order valence-electron chi connectivity index (χ2n) is 7.15. The van der Waals surface area contributed by atoms with Crippen molar-refractivity contribution in [2.24, 2.45) is 0 Å².